The van der Waals surface area contributed by atoms with Crippen molar-refractivity contribution in [2.24, 2.45) is 0 Å². The van der Waals surface area contributed by atoms with Crippen molar-refractivity contribution in [3.8, 4) is 5.75 Å². The Balaban J connectivity index is 1.73. The fourth-order valence-electron chi connectivity index (χ4n) is 3.60. The van der Waals surface area contributed by atoms with Crippen molar-refractivity contribution in [2.75, 3.05) is 10.0 Å². The van der Waals surface area contributed by atoms with Gasteiger partial charge in [-0.3, -0.25) is 4.72 Å². The number of rotatable bonds is 5. The van der Waals surface area contributed by atoms with E-state index in [4.69, 9.17) is 21.7 Å². The molecule has 2 heterocycles. The van der Waals surface area contributed by atoms with Crippen LogP contribution in [0.25, 0.3) is 0 Å². The Bertz CT molecular complexity index is 967. The molecule has 28 heavy (non-hydrogen) atoms. The molecule has 1 unspecified atom stereocenters. The molecule has 0 amide bonds. The molecule has 1 fully saturated rings. The molecule has 0 spiro atoms. The topological polar surface area (TPSA) is 76.7 Å². The molecule has 6 nitrogen and oxygen atoms in total. The minimum absolute atomic E-state index is 0.160. The van der Waals surface area contributed by atoms with Gasteiger partial charge in [0.1, 0.15) is 16.1 Å². The summed E-state index contributed by atoms with van der Waals surface area (Å²) in [6.45, 7) is 1.91. The van der Waals surface area contributed by atoms with E-state index in [0.29, 0.717) is 23.5 Å². The Hall–Kier alpha value is -1.84. The van der Waals surface area contributed by atoms with Crippen LogP contribution in [0.3, 0.4) is 0 Å². The highest BCUT2D eigenvalue weighted by molar-refractivity contribution is 7.94. The number of nitrogens with one attached hydrogen (secondary N) is 2. The average molecular weight is 439 g/mol. The van der Waals surface area contributed by atoms with Crippen LogP contribution in [0.2, 0.25) is 0 Å². The van der Waals surface area contributed by atoms with Crippen molar-refractivity contribution in [1.29, 1.82) is 0 Å². The van der Waals surface area contributed by atoms with Crippen LogP contribution in [0.1, 0.15) is 38.2 Å². The lowest BCUT2D eigenvalue weighted by Gasteiger charge is -2.19. The monoisotopic (exact) mass is 438 g/mol. The Kier molecular flexibility index (Phi) is 5.48. The molecule has 1 atom stereocenters. The number of hydrogen-bond donors (Lipinski definition) is 2. The van der Waals surface area contributed by atoms with Crippen LogP contribution in [0.15, 0.2) is 33.9 Å². The van der Waals surface area contributed by atoms with Gasteiger partial charge in [-0.15, -0.1) is 11.3 Å². The van der Waals surface area contributed by atoms with Gasteiger partial charge < -0.3 is 14.8 Å². The molecule has 1 aromatic heterocycles. The number of thiophene rings is 1. The van der Waals surface area contributed by atoms with Gasteiger partial charge in [0.25, 0.3) is 15.2 Å². The summed E-state index contributed by atoms with van der Waals surface area (Å²) in [5, 5.41) is 5.09. The number of thiocarbonyl (C=S) groups is 1. The zero-order valence-corrected chi connectivity index (χ0v) is 17.9. The fourth-order valence-corrected chi connectivity index (χ4v) is 5.95. The van der Waals surface area contributed by atoms with Crippen LogP contribution in [0, 0.1) is 0 Å². The molecule has 150 valence electrons. The lowest BCUT2D eigenvalue weighted by Crippen LogP contribution is -2.17. The summed E-state index contributed by atoms with van der Waals surface area (Å²) in [5.41, 5.74) is 2.02. The Morgan fingerprint density at radius 3 is 2.82 bits per heavy atom. The molecule has 4 rings (SSSR count). The van der Waals surface area contributed by atoms with E-state index in [0.717, 1.165) is 31.2 Å². The van der Waals surface area contributed by atoms with E-state index in [1.165, 1.54) is 11.3 Å². The highest BCUT2D eigenvalue weighted by Crippen LogP contribution is 2.37. The van der Waals surface area contributed by atoms with Crippen molar-refractivity contribution < 1.29 is 17.9 Å². The van der Waals surface area contributed by atoms with Gasteiger partial charge in [-0.05, 0) is 56.3 Å². The molecule has 0 radical (unpaired) electrons. The second-order valence-electron chi connectivity index (χ2n) is 7.10. The zero-order chi connectivity index (χ0) is 19.7. The van der Waals surface area contributed by atoms with Gasteiger partial charge >= 0.3 is 0 Å². The molecule has 1 aliphatic heterocycles. The molecule has 1 aliphatic carbocycles. The molecule has 0 bridgehead atoms. The molecular formula is C19H22N2O4S3. The number of hydrogen-bond acceptors (Lipinski definition) is 6. The Morgan fingerprint density at radius 1 is 1.32 bits per heavy atom. The number of benzene rings is 1. The van der Waals surface area contributed by atoms with Crippen LogP contribution in [0.5, 0.6) is 5.75 Å². The summed E-state index contributed by atoms with van der Waals surface area (Å²) in [5.74, 6) is 0.624. The highest BCUT2D eigenvalue weighted by Gasteiger charge is 2.25. The van der Waals surface area contributed by atoms with Crippen LogP contribution in [-0.2, 0) is 21.2 Å². The van der Waals surface area contributed by atoms with Gasteiger partial charge in [-0.2, -0.15) is 0 Å². The third kappa shape index (κ3) is 4.26. The maximum atomic E-state index is 12.8. The molecule has 2 aliphatic rings. The normalized spacial score (nSPS) is 20.0. The average Bonchev–Trinajstić information content (AvgIpc) is 3.29. The maximum Gasteiger partial charge on any atom is 0.271 e. The second kappa shape index (κ2) is 7.88. The molecular weight excluding hydrogens is 416 g/mol. The predicted molar refractivity (Wildman–Crippen MR) is 115 cm³/mol. The number of sulfonamides is 1. The SMILES string of the molecule is CC1Cc2c(cc(OC3CCCC3)cc2NS(=O)(=O)c2cccs2)NC(=S)O1. The van der Waals surface area contributed by atoms with E-state index in [1.807, 2.05) is 13.0 Å². The first-order chi connectivity index (χ1) is 13.4. The molecule has 9 heteroatoms. The van der Waals surface area contributed by atoms with Crippen LogP contribution < -0.4 is 14.8 Å². The number of anilines is 2. The zero-order valence-electron chi connectivity index (χ0n) is 15.4. The van der Waals surface area contributed by atoms with Crippen molar-refractivity contribution in [3.05, 3.63) is 35.2 Å². The largest absolute Gasteiger partial charge is 0.490 e. The molecule has 0 saturated heterocycles. The molecule has 1 aromatic carbocycles. The van der Waals surface area contributed by atoms with Crippen molar-refractivity contribution in [2.45, 2.75) is 55.4 Å². The Morgan fingerprint density at radius 2 is 2.11 bits per heavy atom. The van der Waals surface area contributed by atoms with E-state index in [1.54, 1.807) is 23.6 Å². The van der Waals surface area contributed by atoms with E-state index < -0.39 is 10.0 Å². The summed E-state index contributed by atoms with van der Waals surface area (Å²) >= 11 is 6.42. The van der Waals surface area contributed by atoms with Gasteiger partial charge in [-0.1, -0.05) is 6.07 Å². The van der Waals surface area contributed by atoms with E-state index in [-0.39, 0.29) is 21.6 Å². The van der Waals surface area contributed by atoms with Gasteiger partial charge in [0.15, 0.2) is 0 Å². The fraction of sp³-hybridized carbons (Fsp3) is 0.421. The third-order valence-corrected chi connectivity index (χ3v) is 7.83. The number of ether oxygens (including phenoxy) is 2. The first kappa shape index (κ1) is 19.5. The first-order valence-corrected chi connectivity index (χ1v) is 12.1. The predicted octanol–water partition coefficient (Wildman–Crippen LogP) is 4.53. The van der Waals surface area contributed by atoms with Crippen molar-refractivity contribution in [1.82, 2.24) is 0 Å². The Labute approximate surface area is 174 Å². The van der Waals surface area contributed by atoms with Gasteiger partial charge in [-0.25, -0.2) is 8.42 Å². The molecule has 2 N–H and O–H groups in total. The van der Waals surface area contributed by atoms with Gasteiger partial charge in [0.05, 0.1) is 17.5 Å². The lowest BCUT2D eigenvalue weighted by atomic mass is 10.0. The van der Waals surface area contributed by atoms with E-state index >= 15 is 0 Å². The van der Waals surface area contributed by atoms with Crippen molar-refractivity contribution >= 4 is 50.1 Å². The standard InChI is InChI=1S/C19H22N2O4S3/c1-12-9-15-16(20-19(26)24-12)10-14(25-13-5-2-3-6-13)11-17(15)21-28(22,23)18-7-4-8-27-18/h4,7-8,10-13,21H,2-3,5-6,9H2,1H3,(H,20,26). The third-order valence-electron chi connectivity index (χ3n) is 4.87. The van der Waals surface area contributed by atoms with E-state index in [2.05, 4.69) is 10.0 Å². The summed E-state index contributed by atoms with van der Waals surface area (Å²) in [4.78, 5) is 0. The smallest absolute Gasteiger partial charge is 0.271 e. The quantitative estimate of drug-likeness (QED) is 0.668. The van der Waals surface area contributed by atoms with Gasteiger partial charge in [0, 0.05) is 24.1 Å². The minimum atomic E-state index is -3.68. The summed E-state index contributed by atoms with van der Waals surface area (Å²) < 4.78 is 40.4. The minimum Gasteiger partial charge on any atom is -0.490 e. The first-order valence-electron chi connectivity index (χ1n) is 9.28. The van der Waals surface area contributed by atoms with Crippen LogP contribution in [-0.4, -0.2) is 25.8 Å². The summed E-state index contributed by atoms with van der Waals surface area (Å²) in [7, 11) is -3.68. The summed E-state index contributed by atoms with van der Waals surface area (Å²) in [6, 6.07) is 6.95. The molecule has 1 saturated carbocycles. The highest BCUT2D eigenvalue weighted by atomic mass is 32.2. The van der Waals surface area contributed by atoms with Crippen molar-refractivity contribution in [3.63, 3.8) is 0 Å². The lowest BCUT2D eigenvalue weighted by molar-refractivity contribution is 0.210. The van der Waals surface area contributed by atoms with Gasteiger partial charge in [0.2, 0.25) is 0 Å². The second-order valence-corrected chi connectivity index (χ2v) is 10.3. The van der Waals surface area contributed by atoms with E-state index in [9.17, 15) is 8.42 Å². The summed E-state index contributed by atoms with van der Waals surface area (Å²) in [6.07, 6.45) is 4.84. The number of fused-ring (bicyclic) bond motifs is 1. The molecule has 2 aromatic rings. The maximum absolute atomic E-state index is 12.8. The van der Waals surface area contributed by atoms with Crippen LogP contribution in [0.4, 0.5) is 11.4 Å². The van der Waals surface area contributed by atoms with Crippen LogP contribution >= 0.6 is 23.6 Å².